The lowest BCUT2D eigenvalue weighted by molar-refractivity contribution is 0.284. The molecule has 0 atom stereocenters. The van der Waals surface area contributed by atoms with Crippen LogP contribution in [0.3, 0.4) is 0 Å². The fourth-order valence-electron chi connectivity index (χ4n) is 8.79. The number of thiophene rings is 1. The van der Waals surface area contributed by atoms with E-state index in [0.717, 1.165) is 22.6 Å². The van der Waals surface area contributed by atoms with E-state index < -0.39 is 16.6 Å². The Morgan fingerprint density at radius 3 is 1.34 bits per heavy atom. The quantitative estimate of drug-likeness (QED) is 0.0804. The van der Waals surface area contributed by atoms with E-state index in [0.29, 0.717) is 32.9 Å². The molecule has 0 saturated heterocycles. The Bertz CT molecular complexity index is 2250. The normalized spacial score (nSPS) is 12.4. The van der Waals surface area contributed by atoms with E-state index in [1.807, 2.05) is 6.07 Å². The lowest BCUT2D eigenvalue weighted by Gasteiger charge is -2.44. The maximum atomic E-state index is 7.52. The molecule has 0 N–H and O–H groups in total. The summed E-state index contributed by atoms with van der Waals surface area (Å²) in [5.41, 5.74) is 3.23. The van der Waals surface area contributed by atoms with Crippen molar-refractivity contribution in [2.75, 3.05) is 31.2 Å². The predicted octanol–water partition coefficient (Wildman–Crippen LogP) is 11.5. The topological polar surface area (TPSA) is 30.9 Å². The van der Waals surface area contributed by atoms with Crippen molar-refractivity contribution in [3.8, 4) is 5.75 Å². The number of rotatable bonds is 18. The number of hydrogen-bond donors (Lipinski definition) is 0. The van der Waals surface area contributed by atoms with Crippen LogP contribution in [0.25, 0.3) is 12.2 Å². The van der Waals surface area contributed by atoms with Gasteiger partial charge in [0.25, 0.3) is 16.6 Å². The van der Waals surface area contributed by atoms with Gasteiger partial charge in [0.1, 0.15) is 12.4 Å². The molecule has 7 heteroatoms. The molecule has 0 saturated carbocycles. The van der Waals surface area contributed by atoms with Crippen molar-refractivity contribution in [1.82, 2.24) is 0 Å². The minimum absolute atomic E-state index is 0.137. The second-order valence-electron chi connectivity index (χ2n) is 17.9. The van der Waals surface area contributed by atoms with Crippen molar-refractivity contribution >= 4 is 66.6 Å². The highest BCUT2D eigenvalue weighted by Crippen LogP contribution is 2.38. The zero-order chi connectivity index (χ0) is 43.5. The lowest BCUT2D eigenvalue weighted by atomic mass is 10.1. The third-order valence-electron chi connectivity index (χ3n) is 11.8. The van der Waals surface area contributed by atoms with Crippen molar-refractivity contribution in [2.45, 2.75) is 58.2 Å². The van der Waals surface area contributed by atoms with Gasteiger partial charge in [0, 0.05) is 35.3 Å². The van der Waals surface area contributed by atoms with Gasteiger partial charge in [0.2, 0.25) is 0 Å². The summed E-state index contributed by atoms with van der Waals surface area (Å²) in [5.74, 6) is 0.838. The Kier molecular flexibility index (Phi) is 14.6. The molecule has 7 rings (SSSR count). The summed E-state index contributed by atoms with van der Waals surface area (Å²) in [6, 6.07) is 64.9. The molecule has 318 valence electrons. The molecule has 0 fully saturated rings. The van der Waals surface area contributed by atoms with Crippen LogP contribution < -0.4 is 30.4 Å². The molecular formula is C55H61NO3SSi2. The van der Waals surface area contributed by atoms with Gasteiger partial charge in [-0.3, -0.25) is 0 Å². The number of anilines is 1. The van der Waals surface area contributed by atoms with Gasteiger partial charge >= 0.3 is 0 Å². The summed E-state index contributed by atoms with van der Waals surface area (Å²) in [7, 11) is -5.56. The van der Waals surface area contributed by atoms with Crippen LogP contribution in [0.2, 0.25) is 10.1 Å². The van der Waals surface area contributed by atoms with E-state index in [1.165, 1.54) is 25.6 Å². The van der Waals surface area contributed by atoms with Crippen molar-refractivity contribution < 1.29 is 13.6 Å². The van der Waals surface area contributed by atoms with Crippen LogP contribution >= 0.6 is 11.3 Å². The smallest absolute Gasteiger partial charge is 0.261 e. The highest BCUT2D eigenvalue weighted by atomic mass is 32.1. The zero-order valence-corrected chi connectivity index (χ0v) is 40.0. The molecular weight excluding hydrogens is 811 g/mol. The first-order chi connectivity index (χ1) is 30.0. The van der Waals surface area contributed by atoms with Crippen LogP contribution in [-0.2, 0) is 15.5 Å². The van der Waals surface area contributed by atoms with Gasteiger partial charge in [-0.05, 0) is 72.1 Å². The highest BCUT2D eigenvalue weighted by molar-refractivity contribution is 7.10. The third kappa shape index (κ3) is 10.1. The maximum Gasteiger partial charge on any atom is 0.261 e. The molecule has 0 aliphatic rings. The maximum absolute atomic E-state index is 7.52. The van der Waals surface area contributed by atoms with Gasteiger partial charge in [-0.2, -0.15) is 0 Å². The molecule has 6 aromatic carbocycles. The van der Waals surface area contributed by atoms with E-state index in [4.69, 9.17) is 13.6 Å². The van der Waals surface area contributed by atoms with Crippen LogP contribution in [0.1, 0.15) is 57.5 Å². The van der Waals surface area contributed by atoms with E-state index in [2.05, 4.69) is 240 Å². The summed E-state index contributed by atoms with van der Waals surface area (Å²) >= 11 is 1.73. The predicted molar refractivity (Wildman–Crippen MR) is 270 cm³/mol. The fraction of sp³-hybridized carbons (Fsp3) is 0.236. The first-order valence-corrected chi connectivity index (χ1v) is 26.5. The number of ether oxygens (including phenoxy) is 1. The van der Waals surface area contributed by atoms with Crippen molar-refractivity contribution in [1.29, 1.82) is 0 Å². The third-order valence-corrected chi connectivity index (χ3v) is 22.7. The Labute approximate surface area is 376 Å². The molecule has 0 aliphatic carbocycles. The molecule has 0 spiro atoms. The van der Waals surface area contributed by atoms with Gasteiger partial charge in [-0.25, -0.2) is 0 Å². The van der Waals surface area contributed by atoms with Gasteiger partial charge in [-0.1, -0.05) is 199 Å². The van der Waals surface area contributed by atoms with E-state index >= 15 is 0 Å². The van der Waals surface area contributed by atoms with E-state index in [9.17, 15) is 0 Å². The van der Waals surface area contributed by atoms with Crippen molar-refractivity contribution in [3.63, 3.8) is 0 Å². The van der Waals surface area contributed by atoms with Gasteiger partial charge < -0.3 is 18.5 Å². The van der Waals surface area contributed by atoms with Crippen LogP contribution in [0.15, 0.2) is 187 Å². The molecule has 4 nitrogen and oxygen atoms in total. The lowest BCUT2D eigenvalue weighted by Crippen LogP contribution is -2.67. The molecule has 0 amide bonds. The molecule has 0 radical (unpaired) electrons. The van der Waals surface area contributed by atoms with Crippen LogP contribution in [0, 0.1) is 0 Å². The first kappa shape index (κ1) is 44.8. The highest BCUT2D eigenvalue weighted by Gasteiger charge is 2.51. The van der Waals surface area contributed by atoms with Gasteiger partial charge in [0.05, 0.1) is 13.2 Å². The molecule has 0 aliphatic heterocycles. The molecule has 0 unspecified atom stereocenters. The van der Waals surface area contributed by atoms with Crippen LogP contribution in [0.4, 0.5) is 5.69 Å². The minimum Gasteiger partial charge on any atom is -0.488 e. The first-order valence-electron chi connectivity index (χ1n) is 21.8. The number of nitrogens with zero attached hydrogens (tertiary/aromatic N) is 1. The van der Waals surface area contributed by atoms with Crippen LogP contribution in [-0.4, -0.2) is 42.9 Å². The van der Waals surface area contributed by atoms with Crippen molar-refractivity contribution in [2.24, 2.45) is 0 Å². The standard InChI is InChI=1S/C55H61NO3SSi2/c1-54(2,3)61(49-26-14-8-15-27-49,50-28-16-9-17-29-50)58-40-38-56(39-41-59-62(55(4,5)6,51-30-18-10-19-31-51)52-32-20-11-21-33-52)47-36-34-46(35-37-48-25-22-42-60-48)53(43-47)57-44-45-23-12-7-13-24-45/h7-37,42-43H,38-41,44H2,1-6H3/b37-35+. The Balaban J connectivity index is 1.27. The summed E-state index contributed by atoms with van der Waals surface area (Å²) in [6.07, 6.45) is 4.33. The molecule has 62 heavy (non-hydrogen) atoms. The summed E-state index contributed by atoms with van der Waals surface area (Å²) in [6.45, 7) is 16.9. The van der Waals surface area contributed by atoms with Gasteiger partial charge in [-0.15, -0.1) is 11.3 Å². The fourth-order valence-corrected chi connectivity index (χ4v) is 18.5. The largest absolute Gasteiger partial charge is 0.488 e. The summed E-state index contributed by atoms with van der Waals surface area (Å²) in [5, 5.41) is 6.94. The monoisotopic (exact) mass is 871 g/mol. The van der Waals surface area contributed by atoms with E-state index in [1.54, 1.807) is 11.3 Å². The Morgan fingerprint density at radius 2 is 0.935 bits per heavy atom. The number of benzene rings is 6. The van der Waals surface area contributed by atoms with Gasteiger partial charge in [0.15, 0.2) is 0 Å². The average molecular weight is 872 g/mol. The Hall–Kier alpha value is -5.29. The summed E-state index contributed by atoms with van der Waals surface area (Å²) < 4.78 is 21.7. The van der Waals surface area contributed by atoms with Crippen molar-refractivity contribution in [3.05, 3.63) is 203 Å². The Morgan fingerprint density at radius 1 is 0.500 bits per heavy atom. The number of hydrogen-bond acceptors (Lipinski definition) is 5. The molecule has 1 heterocycles. The SMILES string of the molecule is CC(C)(C)[Si](OCCN(CCO[Si](c1ccccc1)(c1ccccc1)C(C)(C)C)c1ccc(/C=C/c2cccs2)c(OCc2ccccc2)c1)(c1ccccc1)c1ccccc1. The average Bonchev–Trinajstić information content (AvgIpc) is 3.82. The van der Waals surface area contributed by atoms with E-state index in [-0.39, 0.29) is 10.1 Å². The second kappa shape index (κ2) is 20.3. The molecule has 1 aromatic heterocycles. The summed E-state index contributed by atoms with van der Waals surface area (Å²) in [4.78, 5) is 3.64. The minimum atomic E-state index is -2.78. The zero-order valence-electron chi connectivity index (χ0n) is 37.2. The second-order valence-corrected chi connectivity index (χ2v) is 27.4. The molecule has 7 aromatic rings. The van der Waals surface area contributed by atoms with Crippen LogP contribution in [0.5, 0.6) is 5.75 Å². The molecule has 0 bridgehead atoms.